The third-order valence-corrected chi connectivity index (χ3v) is 4.02. The highest BCUT2D eigenvalue weighted by atomic mass is 32.2. The lowest BCUT2D eigenvalue weighted by atomic mass is 10.3. The van der Waals surface area contributed by atoms with E-state index in [-0.39, 0.29) is 5.91 Å². The first kappa shape index (κ1) is 14.5. The number of nitrogens with one attached hydrogen (secondary N) is 1. The number of aromatic nitrogens is 1. The van der Waals surface area contributed by atoms with Crippen LogP contribution in [0.15, 0.2) is 52.6 Å². The zero-order valence-electron chi connectivity index (χ0n) is 12.2. The number of methoxy groups -OCH3 is 1. The predicted molar refractivity (Wildman–Crippen MR) is 89.2 cm³/mol. The van der Waals surface area contributed by atoms with Crippen molar-refractivity contribution < 1.29 is 9.53 Å². The van der Waals surface area contributed by atoms with Crippen LogP contribution in [0.4, 0.5) is 5.69 Å². The van der Waals surface area contributed by atoms with Gasteiger partial charge in [0.15, 0.2) is 5.17 Å². The number of aliphatic imine (C=N–C) groups is 1. The van der Waals surface area contributed by atoms with Crippen LogP contribution in [0.2, 0.25) is 0 Å². The Morgan fingerprint density at radius 2 is 2.05 bits per heavy atom. The lowest BCUT2D eigenvalue weighted by molar-refractivity contribution is -0.115. The van der Waals surface area contributed by atoms with Crippen LogP contribution in [0.3, 0.4) is 0 Å². The summed E-state index contributed by atoms with van der Waals surface area (Å²) in [6.45, 7) is 0. The van der Waals surface area contributed by atoms with Gasteiger partial charge in [-0.1, -0.05) is 0 Å². The van der Waals surface area contributed by atoms with Crippen molar-refractivity contribution in [3.8, 4) is 5.75 Å². The molecular formula is C16H15N3O2S. The molecule has 1 amide bonds. The van der Waals surface area contributed by atoms with E-state index in [0.717, 1.165) is 17.0 Å². The Kier molecular flexibility index (Phi) is 4.02. The summed E-state index contributed by atoms with van der Waals surface area (Å²) in [5.74, 6) is 0.651. The Morgan fingerprint density at radius 1 is 1.27 bits per heavy atom. The number of carbonyl (C=O) groups is 1. The molecule has 1 aromatic carbocycles. The van der Waals surface area contributed by atoms with Crippen LogP contribution in [0.25, 0.3) is 6.08 Å². The van der Waals surface area contributed by atoms with E-state index >= 15 is 0 Å². The first-order chi connectivity index (χ1) is 10.6. The van der Waals surface area contributed by atoms with Gasteiger partial charge in [0.05, 0.1) is 17.7 Å². The number of nitrogens with zero attached hydrogens (tertiary/aromatic N) is 2. The lowest BCUT2D eigenvalue weighted by Gasteiger charge is -1.99. The van der Waals surface area contributed by atoms with E-state index in [9.17, 15) is 4.79 Å². The zero-order valence-corrected chi connectivity index (χ0v) is 13.1. The molecule has 1 N–H and O–H groups in total. The van der Waals surface area contributed by atoms with E-state index in [1.165, 1.54) is 11.8 Å². The van der Waals surface area contributed by atoms with E-state index in [2.05, 4.69) is 10.3 Å². The first-order valence-electron chi connectivity index (χ1n) is 6.69. The number of aryl methyl sites for hydroxylation is 1. The summed E-state index contributed by atoms with van der Waals surface area (Å²) in [6, 6.07) is 9.32. The standard InChI is InChI=1S/C16H15N3O2S/c1-19-8-7-11(10-19)9-14-15(20)18-16(22-14)17-12-3-5-13(21-2)6-4-12/h3-10H,1-2H3,(H,17,18,20)/b14-9+. The van der Waals surface area contributed by atoms with E-state index < -0.39 is 0 Å². The van der Waals surface area contributed by atoms with Crippen LogP contribution in [0.5, 0.6) is 5.75 Å². The van der Waals surface area contributed by atoms with Crippen molar-refractivity contribution in [1.29, 1.82) is 0 Å². The number of amides is 1. The molecule has 1 aromatic heterocycles. The molecule has 112 valence electrons. The molecule has 1 saturated heterocycles. The topological polar surface area (TPSA) is 55.6 Å². The van der Waals surface area contributed by atoms with E-state index in [1.54, 1.807) is 7.11 Å². The van der Waals surface area contributed by atoms with Crippen LogP contribution in [0.1, 0.15) is 5.56 Å². The second-order valence-corrected chi connectivity index (χ2v) is 5.82. The molecule has 0 radical (unpaired) electrons. The fourth-order valence-corrected chi connectivity index (χ4v) is 2.86. The fraction of sp³-hybridized carbons (Fsp3) is 0.125. The smallest absolute Gasteiger partial charge is 0.264 e. The minimum Gasteiger partial charge on any atom is -0.497 e. The van der Waals surface area contributed by atoms with E-state index in [0.29, 0.717) is 10.1 Å². The lowest BCUT2D eigenvalue weighted by Crippen LogP contribution is -2.19. The number of amidine groups is 1. The average molecular weight is 313 g/mol. The monoisotopic (exact) mass is 313 g/mol. The molecule has 2 aromatic rings. The van der Waals surface area contributed by atoms with Gasteiger partial charge in [-0.2, -0.15) is 0 Å². The first-order valence-corrected chi connectivity index (χ1v) is 7.51. The number of benzene rings is 1. The molecule has 22 heavy (non-hydrogen) atoms. The van der Waals surface area contributed by atoms with Gasteiger partial charge in [-0.25, -0.2) is 4.99 Å². The molecule has 0 saturated carbocycles. The summed E-state index contributed by atoms with van der Waals surface area (Å²) in [6.07, 6.45) is 5.76. The van der Waals surface area contributed by atoms with Crippen LogP contribution >= 0.6 is 11.8 Å². The zero-order chi connectivity index (χ0) is 15.5. The minimum atomic E-state index is -0.124. The third-order valence-electron chi connectivity index (χ3n) is 3.11. The largest absolute Gasteiger partial charge is 0.497 e. The Bertz CT molecular complexity index is 760. The van der Waals surface area contributed by atoms with Gasteiger partial charge in [-0.3, -0.25) is 4.79 Å². The highest BCUT2D eigenvalue weighted by Gasteiger charge is 2.23. The summed E-state index contributed by atoms with van der Waals surface area (Å²) in [4.78, 5) is 17.0. The van der Waals surface area contributed by atoms with Crippen molar-refractivity contribution in [2.45, 2.75) is 0 Å². The number of hydrogen-bond donors (Lipinski definition) is 1. The summed E-state index contributed by atoms with van der Waals surface area (Å²) >= 11 is 1.34. The van der Waals surface area contributed by atoms with Gasteiger partial charge in [-0.05, 0) is 53.7 Å². The number of rotatable bonds is 3. The van der Waals surface area contributed by atoms with Gasteiger partial charge in [0.1, 0.15) is 5.75 Å². The van der Waals surface area contributed by atoms with E-state index in [1.807, 2.05) is 60.4 Å². The van der Waals surface area contributed by atoms with Crippen molar-refractivity contribution in [2.24, 2.45) is 12.0 Å². The van der Waals surface area contributed by atoms with Gasteiger partial charge in [0, 0.05) is 19.4 Å². The minimum absolute atomic E-state index is 0.124. The molecule has 1 aliphatic rings. The number of carbonyl (C=O) groups excluding carboxylic acids is 1. The maximum atomic E-state index is 12.0. The molecule has 2 heterocycles. The highest BCUT2D eigenvalue weighted by molar-refractivity contribution is 8.18. The van der Waals surface area contributed by atoms with Crippen molar-refractivity contribution >= 4 is 34.6 Å². The average Bonchev–Trinajstić information content (AvgIpc) is 3.06. The quantitative estimate of drug-likeness (QED) is 0.887. The molecule has 0 atom stereocenters. The molecule has 0 bridgehead atoms. The molecule has 0 unspecified atom stereocenters. The second kappa shape index (κ2) is 6.11. The summed E-state index contributed by atoms with van der Waals surface area (Å²) in [5.41, 5.74) is 1.76. The molecule has 5 nitrogen and oxygen atoms in total. The van der Waals surface area contributed by atoms with E-state index in [4.69, 9.17) is 4.74 Å². The maximum absolute atomic E-state index is 12.0. The fourth-order valence-electron chi connectivity index (χ4n) is 2.02. The van der Waals surface area contributed by atoms with Crippen LogP contribution < -0.4 is 10.1 Å². The molecule has 1 aliphatic heterocycles. The van der Waals surface area contributed by atoms with Crippen LogP contribution in [0, 0.1) is 0 Å². The normalized spacial score (nSPS) is 18.0. The van der Waals surface area contributed by atoms with Crippen molar-refractivity contribution in [1.82, 2.24) is 9.88 Å². The number of ether oxygens (including phenoxy) is 1. The van der Waals surface area contributed by atoms with Gasteiger partial charge in [-0.15, -0.1) is 0 Å². The van der Waals surface area contributed by atoms with Crippen molar-refractivity contribution in [2.75, 3.05) is 7.11 Å². The number of hydrogen-bond acceptors (Lipinski definition) is 4. The summed E-state index contributed by atoms with van der Waals surface area (Å²) in [5, 5.41) is 3.36. The Balaban J connectivity index is 1.78. The molecule has 0 spiro atoms. The van der Waals surface area contributed by atoms with Gasteiger partial charge in [0.2, 0.25) is 0 Å². The molecular weight excluding hydrogens is 298 g/mol. The molecule has 1 fully saturated rings. The van der Waals surface area contributed by atoms with Crippen molar-refractivity contribution in [3.05, 3.63) is 53.2 Å². The highest BCUT2D eigenvalue weighted by Crippen LogP contribution is 2.28. The molecule has 0 aliphatic carbocycles. The summed E-state index contributed by atoms with van der Waals surface area (Å²) in [7, 11) is 3.56. The predicted octanol–water partition coefficient (Wildman–Crippen LogP) is 2.93. The molecule has 3 rings (SSSR count). The van der Waals surface area contributed by atoms with Crippen LogP contribution in [-0.4, -0.2) is 22.8 Å². The number of thioether (sulfide) groups is 1. The maximum Gasteiger partial charge on any atom is 0.264 e. The third kappa shape index (κ3) is 3.23. The van der Waals surface area contributed by atoms with Gasteiger partial charge in [0.25, 0.3) is 5.91 Å². The SMILES string of the molecule is COc1ccc(N=C2NC(=O)/C(=C\c3ccn(C)c3)S2)cc1. The van der Waals surface area contributed by atoms with Crippen LogP contribution in [-0.2, 0) is 11.8 Å². The Hall–Kier alpha value is -2.47. The summed E-state index contributed by atoms with van der Waals surface area (Å²) < 4.78 is 7.05. The Morgan fingerprint density at radius 3 is 2.68 bits per heavy atom. The second-order valence-electron chi connectivity index (χ2n) is 4.79. The van der Waals surface area contributed by atoms with Gasteiger partial charge < -0.3 is 14.6 Å². The molecule has 6 heteroatoms. The van der Waals surface area contributed by atoms with Gasteiger partial charge >= 0.3 is 0 Å². The van der Waals surface area contributed by atoms with Crippen molar-refractivity contribution in [3.63, 3.8) is 0 Å². The Labute approximate surface area is 132 Å².